The summed E-state index contributed by atoms with van der Waals surface area (Å²) in [5, 5.41) is 4.43. The van der Waals surface area contributed by atoms with Crippen LogP contribution in [0.15, 0.2) is 41.6 Å². The first kappa shape index (κ1) is 17.7. The number of carbonyl (C=O) groups is 1. The van der Waals surface area contributed by atoms with E-state index in [0.29, 0.717) is 11.0 Å². The van der Waals surface area contributed by atoms with Crippen molar-refractivity contribution in [3.8, 4) is 5.75 Å². The number of carbonyl (C=O) groups excluding carboxylic acids is 1. The molecule has 8 nitrogen and oxygen atoms in total. The average molecular weight is 355 g/mol. The molecule has 8 heteroatoms. The molecule has 136 valence electrons. The Kier molecular flexibility index (Phi) is 4.75. The van der Waals surface area contributed by atoms with Crippen molar-refractivity contribution in [2.75, 3.05) is 14.2 Å². The molecular formula is C18H21N5O3. The summed E-state index contributed by atoms with van der Waals surface area (Å²) < 4.78 is 7.99. The van der Waals surface area contributed by atoms with Crippen LogP contribution in [-0.2, 0) is 18.4 Å². The molecule has 1 aromatic carbocycles. The molecule has 0 fully saturated rings. The van der Waals surface area contributed by atoms with E-state index in [1.165, 1.54) is 21.8 Å². The molecule has 0 radical (unpaired) electrons. The van der Waals surface area contributed by atoms with Crippen molar-refractivity contribution in [1.29, 1.82) is 0 Å². The second-order valence-electron chi connectivity index (χ2n) is 6.14. The number of amides is 1. The van der Waals surface area contributed by atoms with Crippen molar-refractivity contribution in [3.63, 3.8) is 0 Å². The molecule has 0 saturated heterocycles. The van der Waals surface area contributed by atoms with Crippen molar-refractivity contribution in [2.24, 2.45) is 7.05 Å². The Morgan fingerprint density at radius 3 is 2.65 bits per heavy atom. The number of hydrogen-bond acceptors (Lipinski definition) is 5. The predicted octanol–water partition coefficient (Wildman–Crippen LogP) is 1.36. The molecular weight excluding hydrogens is 334 g/mol. The first-order chi connectivity index (χ1) is 12.4. The highest BCUT2D eigenvalue weighted by molar-refractivity contribution is 5.77. The van der Waals surface area contributed by atoms with E-state index in [9.17, 15) is 9.59 Å². The van der Waals surface area contributed by atoms with Gasteiger partial charge in [0.15, 0.2) is 5.65 Å². The second-order valence-corrected chi connectivity index (χ2v) is 6.14. The highest BCUT2D eigenvalue weighted by Gasteiger charge is 2.19. The van der Waals surface area contributed by atoms with Gasteiger partial charge in [0, 0.05) is 14.1 Å². The number of fused-ring (bicyclic) bond motifs is 1. The molecule has 0 aliphatic heterocycles. The molecule has 0 spiro atoms. The molecule has 2 aromatic heterocycles. The summed E-state index contributed by atoms with van der Waals surface area (Å²) in [6.45, 7) is 1.86. The summed E-state index contributed by atoms with van der Waals surface area (Å²) in [5.74, 6) is 0.581. The van der Waals surface area contributed by atoms with E-state index >= 15 is 0 Å². The average Bonchev–Trinajstić information content (AvgIpc) is 3.04. The lowest BCUT2D eigenvalue weighted by Gasteiger charge is -2.25. The molecule has 3 aromatic rings. The molecule has 0 aliphatic carbocycles. The predicted molar refractivity (Wildman–Crippen MR) is 96.9 cm³/mol. The van der Waals surface area contributed by atoms with Crippen molar-refractivity contribution < 1.29 is 9.53 Å². The van der Waals surface area contributed by atoms with Crippen LogP contribution in [0, 0.1) is 0 Å². The second kappa shape index (κ2) is 6.99. The number of likely N-dealkylation sites (N-methyl/N-ethyl adjacent to an activating group) is 1. The van der Waals surface area contributed by atoms with Crippen molar-refractivity contribution >= 4 is 16.9 Å². The highest BCUT2D eigenvalue weighted by atomic mass is 16.5. The van der Waals surface area contributed by atoms with Crippen LogP contribution >= 0.6 is 0 Å². The Hall–Kier alpha value is -3.16. The number of aryl methyl sites for hydroxylation is 1. The zero-order chi connectivity index (χ0) is 18.8. The number of rotatable bonds is 5. The monoisotopic (exact) mass is 355 g/mol. The van der Waals surface area contributed by atoms with Crippen LogP contribution in [-0.4, -0.2) is 44.3 Å². The van der Waals surface area contributed by atoms with E-state index < -0.39 is 0 Å². The molecule has 0 saturated carbocycles. The summed E-state index contributed by atoms with van der Waals surface area (Å²) in [6.07, 6.45) is 2.85. The van der Waals surface area contributed by atoms with Crippen molar-refractivity contribution in [2.45, 2.75) is 19.5 Å². The van der Waals surface area contributed by atoms with Crippen LogP contribution in [0.2, 0.25) is 0 Å². The molecule has 26 heavy (non-hydrogen) atoms. The smallest absolute Gasteiger partial charge is 0.264 e. The molecule has 0 bridgehead atoms. The zero-order valence-electron chi connectivity index (χ0n) is 15.2. The highest BCUT2D eigenvalue weighted by Crippen LogP contribution is 2.21. The number of ether oxygens (including phenoxy) is 1. The van der Waals surface area contributed by atoms with Gasteiger partial charge >= 0.3 is 0 Å². The minimum Gasteiger partial charge on any atom is -0.497 e. The fourth-order valence-corrected chi connectivity index (χ4v) is 2.76. The van der Waals surface area contributed by atoms with Gasteiger partial charge in [0.25, 0.3) is 5.56 Å². The van der Waals surface area contributed by atoms with Crippen LogP contribution in [0.1, 0.15) is 18.5 Å². The van der Waals surface area contributed by atoms with Gasteiger partial charge in [-0.05, 0) is 24.6 Å². The Labute approximate surface area is 150 Å². The molecule has 2 heterocycles. The van der Waals surface area contributed by atoms with E-state index in [4.69, 9.17) is 4.74 Å². The van der Waals surface area contributed by atoms with E-state index in [-0.39, 0.29) is 24.1 Å². The van der Waals surface area contributed by atoms with Gasteiger partial charge < -0.3 is 9.64 Å². The van der Waals surface area contributed by atoms with Gasteiger partial charge in [-0.25, -0.2) is 4.98 Å². The lowest BCUT2D eigenvalue weighted by molar-refractivity contribution is -0.132. The van der Waals surface area contributed by atoms with E-state index in [1.54, 1.807) is 26.1 Å². The molecule has 0 aliphatic rings. The van der Waals surface area contributed by atoms with Gasteiger partial charge in [0.2, 0.25) is 5.91 Å². The van der Waals surface area contributed by atoms with E-state index in [1.807, 2.05) is 31.2 Å². The number of nitrogens with zero attached hydrogens (tertiary/aromatic N) is 5. The fraction of sp³-hybridized carbons (Fsp3) is 0.333. The topological polar surface area (TPSA) is 82.2 Å². The normalized spacial score (nSPS) is 12.2. The molecule has 0 N–H and O–H groups in total. The SMILES string of the molecule is COc1ccc(C(C)N(C)C(=O)Cn2cnc3c(cnn3C)c2=O)cc1. The van der Waals surface area contributed by atoms with Gasteiger partial charge in [0.05, 0.1) is 19.3 Å². The number of hydrogen-bond donors (Lipinski definition) is 0. The van der Waals surface area contributed by atoms with Crippen LogP contribution < -0.4 is 10.3 Å². The maximum absolute atomic E-state index is 12.6. The maximum Gasteiger partial charge on any atom is 0.264 e. The molecule has 3 rings (SSSR count). The summed E-state index contributed by atoms with van der Waals surface area (Å²) >= 11 is 0. The van der Waals surface area contributed by atoms with Crippen molar-refractivity contribution in [1.82, 2.24) is 24.2 Å². The first-order valence-electron chi connectivity index (χ1n) is 8.19. The van der Waals surface area contributed by atoms with Crippen LogP contribution in [0.5, 0.6) is 5.75 Å². The van der Waals surface area contributed by atoms with Gasteiger partial charge in [-0.15, -0.1) is 0 Å². The fourth-order valence-electron chi connectivity index (χ4n) is 2.76. The molecule has 1 amide bonds. The zero-order valence-corrected chi connectivity index (χ0v) is 15.2. The van der Waals surface area contributed by atoms with Gasteiger partial charge in [-0.2, -0.15) is 5.10 Å². The maximum atomic E-state index is 12.6. The minimum absolute atomic E-state index is 0.0757. The standard InChI is InChI=1S/C18H21N5O3/c1-12(13-5-7-14(26-4)8-6-13)21(2)16(24)10-23-11-19-17-15(18(23)25)9-20-22(17)3/h5-9,11-12H,10H2,1-4H3. The van der Waals surface area contributed by atoms with Crippen LogP contribution in [0.3, 0.4) is 0 Å². The minimum atomic E-state index is -0.276. The van der Waals surface area contributed by atoms with Gasteiger partial charge in [0.1, 0.15) is 24.0 Å². The first-order valence-corrected chi connectivity index (χ1v) is 8.19. The Balaban J connectivity index is 1.78. The Morgan fingerprint density at radius 1 is 1.31 bits per heavy atom. The van der Waals surface area contributed by atoms with Crippen molar-refractivity contribution in [3.05, 3.63) is 52.7 Å². The lowest BCUT2D eigenvalue weighted by Crippen LogP contribution is -2.35. The molecule has 1 atom stereocenters. The largest absolute Gasteiger partial charge is 0.497 e. The summed E-state index contributed by atoms with van der Waals surface area (Å²) in [4.78, 5) is 31.0. The summed E-state index contributed by atoms with van der Waals surface area (Å²) in [6, 6.07) is 7.41. The number of aromatic nitrogens is 4. The van der Waals surface area contributed by atoms with Crippen LogP contribution in [0.25, 0.3) is 11.0 Å². The third-order valence-electron chi connectivity index (χ3n) is 4.60. The van der Waals surface area contributed by atoms with Gasteiger partial charge in [-0.3, -0.25) is 18.8 Å². The van der Waals surface area contributed by atoms with E-state index in [2.05, 4.69) is 10.1 Å². The van der Waals surface area contributed by atoms with Gasteiger partial charge in [-0.1, -0.05) is 12.1 Å². The van der Waals surface area contributed by atoms with E-state index in [0.717, 1.165) is 11.3 Å². The third kappa shape index (κ3) is 3.17. The Morgan fingerprint density at radius 2 is 2.00 bits per heavy atom. The quantitative estimate of drug-likeness (QED) is 0.690. The Bertz CT molecular complexity index is 990. The van der Waals surface area contributed by atoms with Crippen LogP contribution in [0.4, 0.5) is 0 Å². The third-order valence-corrected chi connectivity index (χ3v) is 4.60. The number of methoxy groups -OCH3 is 1. The number of benzene rings is 1. The lowest BCUT2D eigenvalue weighted by atomic mass is 10.1. The summed E-state index contributed by atoms with van der Waals surface area (Å²) in [7, 11) is 5.05. The molecule has 1 unspecified atom stereocenters. The summed E-state index contributed by atoms with van der Waals surface area (Å²) in [5.41, 5.74) is 1.20.